The van der Waals surface area contributed by atoms with Gasteiger partial charge in [-0.3, -0.25) is 4.79 Å². The van der Waals surface area contributed by atoms with Gasteiger partial charge in [0.2, 0.25) is 0 Å². The number of hydrogen-bond donors (Lipinski definition) is 1. The number of unbranched alkanes of at least 4 members (excludes halogenated alkanes) is 10. The third-order valence-corrected chi connectivity index (χ3v) is 9.86. The number of fused-ring (bicyclic) bond motifs is 3. The molecule has 230 valence electrons. The van der Waals surface area contributed by atoms with Crippen molar-refractivity contribution in [3.05, 3.63) is 102 Å². The standard InChI is InChI=1S/C42H50O2/c1-3-5-7-9-11-13-27-42(28-14-12-10-8-6-4-2)40-29-35(33-17-15-32(31-43)16-18-33)21-25-38(40)39-26-22-36(30-41(39)42)34-19-23-37(44)24-20-34/h15-26,29-31,44H,3-14,27-28H2,1-2H3. The van der Waals surface area contributed by atoms with E-state index in [1.807, 2.05) is 24.3 Å². The van der Waals surface area contributed by atoms with Crippen LogP contribution in [0.4, 0.5) is 0 Å². The SMILES string of the molecule is CCCCCCCCC1(CCCCCCCC)c2cc(-c3ccc(O)cc3)ccc2-c2ccc(-c3ccc(C=O)cc3)cc21. The van der Waals surface area contributed by atoms with Crippen molar-refractivity contribution in [2.24, 2.45) is 0 Å². The first kappa shape index (κ1) is 31.8. The van der Waals surface area contributed by atoms with Crippen LogP contribution in [0.5, 0.6) is 5.75 Å². The van der Waals surface area contributed by atoms with Crippen molar-refractivity contribution in [1.82, 2.24) is 0 Å². The highest BCUT2D eigenvalue weighted by atomic mass is 16.3. The van der Waals surface area contributed by atoms with Gasteiger partial charge < -0.3 is 5.11 Å². The second kappa shape index (κ2) is 15.4. The molecule has 0 amide bonds. The third kappa shape index (κ3) is 7.17. The van der Waals surface area contributed by atoms with E-state index >= 15 is 0 Å². The molecule has 0 aromatic heterocycles. The molecule has 0 saturated heterocycles. The lowest BCUT2D eigenvalue weighted by atomic mass is 9.70. The number of aldehydes is 1. The van der Waals surface area contributed by atoms with Crippen LogP contribution in [-0.4, -0.2) is 11.4 Å². The molecule has 0 atom stereocenters. The van der Waals surface area contributed by atoms with E-state index < -0.39 is 0 Å². The highest BCUT2D eigenvalue weighted by Crippen LogP contribution is 2.55. The van der Waals surface area contributed by atoms with Gasteiger partial charge in [-0.25, -0.2) is 0 Å². The van der Waals surface area contributed by atoms with E-state index in [0.717, 1.165) is 17.4 Å². The molecule has 0 fully saturated rings. The Morgan fingerprint density at radius 3 is 1.39 bits per heavy atom. The number of carbonyl (C=O) groups excluding carboxylic acids is 1. The molecular formula is C42H50O2. The van der Waals surface area contributed by atoms with Crippen molar-refractivity contribution >= 4 is 6.29 Å². The van der Waals surface area contributed by atoms with E-state index in [1.165, 1.54) is 123 Å². The van der Waals surface area contributed by atoms with Gasteiger partial charge in [0.15, 0.2) is 0 Å². The average molecular weight is 587 g/mol. The maximum Gasteiger partial charge on any atom is 0.150 e. The summed E-state index contributed by atoms with van der Waals surface area (Å²) in [5.41, 5.74) is 11.2. The lowest BCUT2D eigenvalue weighted by Gasteiger charge is -2.33. The number of phenolic OH excluding ortho intramolecular Hbond substituents is 1. The van der Waals surface area contributed by atoms with Gasteiger partial charge in [0, 0.05) is 11.0 Å². The first-order valence-electron chi connectivity index (χ1n) is 17.2. The summed E-state index contributed by atoms with van der Waals surface area (Å²) in [5.74, 6) is 0.302. The monoisotopic (exact) mass is 586 g/mol. The quantitative estimate of drug-likeness (QED) is 0.0987. The van der Waals surface area contributed by atoms with Crippen LogP contribution >= 0.6 is 0 Å². The summed E-state index contributed by atoms with van der Waals surface area (Å²) in [4.78, 5) is 11.3. The van der Waals surface area contributed by atoms with Crippen LogP contribution in [0.15, 0.2) is 84.9 Å². The lowest BCUT2D eigenvalue weighted by molar-refractivity contribution is 0.112. The van der Waals surface area contributed by atoms with Crippen molar-refractivity contribution in [1.29, 1.82) is 0 Å². The maximum absolute atomic E-state index is 11.3. The second-order valence-electron chi connectivity index (χ2n) is 12.9. The molecule has 0 saturated carbocycles. The lowest BCUT2D eigenvalue weighted by Crippen LogP contribution is -2.25. The molecular weight excluding hydrogens is 536 g/mol. The second-order valence-corrected chi connectivity index (χ2v) is 12.9. The Hall–Kier alpha value is -3.65. The van der Waals surface area contributed by atoms with Crippen LogP contribution < -0.4 is 0 Å². The van der Waals surface area contributed by atoms with E-state index in [0.29, 0.717) is 11.3 Å². The molecule has 0 spiro atoms. The Morgan fingerprint density at radius 1 is 0.523 bits per heavy atom. The molecule has 2 nitrogen and oxygen atoms in total. The third-order valence-electron chi connectivity index (χ3n) is 9.86. The summed E-state index contributed by atoms with van der Waals surface area (Å²) in [6.45, 7) is 4.58. The summed E-state index contributed by atoms with van der Waals surface area (Å²) in [6.07, 6.45) is 18.8. The van der Waals surface area contributed by atoms with Gasteiger partial charge >= 0.3 is 0 Å². The number of aromatic hydroxyl groups is 1. The van der Waals surface area contributed by atoms with Gasteiger partial charge in [0.05, 0.1) is 0 Å². The smallest absolute Gasteiger partial charge is 0.150 e. The molecule has 4 aromatic carbocycles. The zero-order valence-electron chi connectivity index (χ0n) is 26.9. The van der Waals surface area contributed by atoms with E-state index in [1.54, 1.807) is 12.1 Å². The Kier molecular flexibility index (Phi) is 11.1. The zero-order valence-corrected chi connectivity index (χ0v) is 26.9. The number of carbonyl (C=O) groups is 1. The molecule has 0 unspecified atom stereocenters. The van der Waals surface area contributed by atoms with Gasteiger partial charge in [0.1, 0.15) is 12.0 Å². The summed E-state index contributed by atoms with van der Waals surface area (Å²) in [5, 5.41) is 9.94. The minimum Gasteiger partial charge on any atom is -0.508 e. The topological polar surface area (TPSA) is 37.3 Å². The van der Waals surface area contributed by atoms with E-state index in [2.05, 4.69) is 62.4 Å². The Bertz CT molecular complexity index is 1480. The van der Waals surface area contributed by atoms with Crippen molar-refractivity contribution in [3.8, 4) is 39.1 Å². The molecule has 1 aliphatic rings. The largest absolute Gasteiger partial charge is 0.508 e. The van der Waals surface area contributed by atoms with Crippen molar-refractivity contribution < 1.29 is 9.90 Å². The summed E-state index contributed by atoms with van der Waals surface area (Å²) >= 11 is 0. The molecule has 1 aliphatic carbocycles. The first-order chi connectivity index (χ1) is 21.6. The molecule has 5 rings (SSSR count). The highest BCUT2D eigenvalue weighted by molar-refractivity contribution is 5.86. The predicted molar refractivity (Wildman–Crippen MR) is 187 cm³/mol. The van der Waals surface area contributed by atoms with Gasteiger partial charge in [-0.1, -0.05) is 152 Å². The minimum atomic E-state index is -0.0220. The Balaban J connectivity index is 1.57. The van der Waals surface area contributed by atoms with Gasteiger partial charge in [-0.2, -0.15) is 0 Å². The average Bonchev–Trinajstić information content (AvgIpc) is 3.33. The molecule has 0 radical (unpaired) electrons. The van der Waals surface area contributed by atoms with Crippen LogP contribution in [0.2, 0.25) is 0 Å². The summed E-state index contributed by atoms with van der Waals surface area (Å²) < 4.78 is 0. The number of hydrogen-bond acceptors (Lipinski definition) is 2. The van der Waals surface area contributed by atoms with Gasteiger partial charge in [-0.15, -0.1) is 0 Å². The maximum atomic E-state index is 11.3. The van der Waals surface area contributed by atoms with E-state index in [9.17, 15) is 9.90 Å². The fourth-order valence-corrected chi connectivity index (χ4v) is 7.34. The van der Waals surface area contributed by atoms with Crippen molar-refractivity contribution in [3.63, 3.8) is 0 Å². The van der Waals surface area contributed by atoms with Gasteiger partial charge in [-0.05, 0) is 81.6 Å². The Labute approximate surface area is 265 Å². The van der Waals surface area contributed by atoms with Crippen molar-refractivity contribution in [2.45, 2.75) is 109 Å². The minimum absolute atomic E-state index is 0.0220. The van der Waals surface area contributed by atoms with Crippen LogP contribution in [-0.2, 0) is 5.41 Å². The van der Waals surface area contributed by atoms with E-state index in [-0.39, 0.29) is 5.41 Å². The molecule has 0 aliphatic heterocycles. The van der Waals surface area contributed by atoms with Crippen LogP contribution in [0.3, 0.4) is 0 Å². The fourth-order valence-electron chi connectivity index (χ4n) is 7.34. The zero-order chi connectivity index (χ0) is 30.8. The van der Waals surface area contributed by atoms with Crippen molar-refractivity contribution in [2.75, 3.05) is 0 Å². The van der Waals surface area contributed by atoms with Gasteiger partial charge in [0.25, 0.3) is 0 Å². The molecule has 0 heterocycles. The fraction of sp³-hybridized carbons (Fsp3) is 0.405. The highest BCUT2D eigenvalue weighted by Gasteiger charge is 2.42. The molecule has 4 aromatic rings. The normalized spacial score (nSPS) is 13.0. The van der Waals surface area contributed by atoms with Crippen LogP contribution in [0.1, 0.15) is 125 Å². The molecule has 44 heavy (non-hydrogen) atoms. The number of rotatable bonds is 17. The molecule has 2 heteroatoms. The predicted octanol–water partition coefficient (Wildman–Crippen LogP) is 12.3. The first-order valence-corrected chi connectivity index (χ1v) is 17.2. The molecule has 0 bridgehead atoms. The van der Waals surface area contributed by atoms with E-state index in [4.69, 9.17) is 0 Å². The molecule has 1 N–H and O–H groups in total. The summed E-state index contributed by atoms with van der Waals surface area (Å²) in [6, 6.07) is 29.8. The number of phenols is 1. The van der Waals surface area contributed by atoms with Crippen LogP contribution in [0.25, 0.3) is 33.4 Å². The Morgan fingerprint density at radius 2 is 0.932 bits per heavy atom. The summed E-state index contributed by atoms with van der Waals surface area (Å²) in [7, 11) is 0. The van der Waals surface area contributed by atoms with Crippen LogP contribution in [0, 0.1) is 0 Å². The number of benzene rings is 4.